The fourth-order valence-electron chi connectivity index (χ4n) is 3.87. The Hall–Kier alpha value is -2.43. The minimum Gasteiger partial charge on any atom is -0.466 e. The number of ether oxygens (including phenoxy) is 1. The largest absolute Gasteiger partial charge is 0.466 e. The number of nitrogens with one attached hydrogen (secondary N) is 1. The van der Waals surface area contributed by atoms with Crippen molar-refractivity contribution in [1.29, 1.82) is 0 Å². The highest BCUT2D eigenvalue weighted by Gasteiger charge is 2.32. The molecule has 0 saturated heterocycles. The van der Waals surface area contributed by atoms with Crippen molar-refractivity contribution in [2.75, 3.05) is 6.61 Å². The fraction of sp³-hybridized carbons (Fsp3) is 0.522. The van der Waals surface area contributed by atoms with Crippen LogP contribution in [-0.2, 0) is 14.9 Å². The number of para-hydroxylation sites is 1. The van der Waals surface area contributed by atoms with Gasteiger partial charge in [0.2, 0.25) is 0 Å². The van der Waals surface area contributed by atoms with E-state index < -0.39 is 0 Å². The minimum atomic E-state index is -0.249. The lowest BCUT2D eigenvalue weighted by Crippen LogP contribution is -2.26. The monoisotopic (exact) mass is 381 g/mol. The summed E-state index contributed by atoms with van der Waals surface area (Å²) in [5.41, 5.74) is 2.59. The maximum Gasteiger partial charge on any atom is 0.305 e. The van der Waals surface area contributed by atoms with E-state index in [2.05, 4.69) is 59.6 Å². The van der Waals surface area contributed by atoms with Gasteiger partial charge < -0.3 is 4.74 Å². The summed E-state index contributed by atoms with van der Waals surface area (Å²) in [7, 11) is 0. The molecule has 150 valence electrons. The molecule has 1 heterocycles. The average molecular weight is 382 g/mol. The molecule has 0 aliphatic heterocycles. The van der Waals surface area contributed by atoms with E-state index in [1.807, 2.05) is 12.1 Å². The zero-order valence-electron chi connectivity index (χ0n) is 17.0. The summed E-state index contributed by atoms with van der Waals surface area (Å²) in [5.74, 6) is 0.629. The molecule has 2 aromatic rings. The number of aromatic amines is 1. The van der Waals surface area contributed by atoms with Crippen LogP contribution < -0.4 is 0 Å². The van der Waals surface area contributed by atoms with Gasteiger partial charge in [-0.25, -0.2) is 0 Å². The lowest BCUT2D eigenvalue weighted by Gasteiger charge is -2.31. The van der Waals surface area contributed by atoms with Crippen molar-refractivity contribution >= 4 is 17.0 Å². The number of esters is 1. The van der Waals surface area contributed by atoms with Crippen molar-refractivity contribution in [2.24, 2.45) is 5.92 Å². The van der Waals surface area contributed by atoms with Crippen LogP contribution in [0.5, 0.6) is 0 Å². The van der Waals surface area contributed by atoms with Crippen LogP contribution in [0.4, 0.5) is 0 Å². The summed E-state index contributed by atoms with van der Waals surface area (Å²) >= 11 is 0. The SMILES string of the molecule is CC(C)CCCCCOC(=O)CCC1(c2cccc3n[nH]nc23)C=CC=CC1. The average Bonchev–Trinajstić information content (AvgIpc) is 3.18. The summed E-state index contributed by atoms with van der Waals surface area (Å²) in [6.45, 7) is 5.01. The van der Waals surface area contributed by atoms with Gasteiger partial charge in [0.25, 0.3) is 0 Å². The van der Waals surface area contributed by atoms with Gasteiger partial charge in [0.15, 0.2) is 0 Å². The van der Waals surface area contributed by atoms with Crippen LogP contribution in [0.2, 0.25) is 0 Å². The molecule has 5 nitrogen and oxygen atoms in total. The Kier molecular flexibility index (Phi) is 7.01. The van der Waals surface area contributed by atoms with E-state index in [4.69, 9.17) is 4.74 Å². The third kappa shape index (κ3) is 5.09. The van der Waals surface area contributed by atoms with Crippen LogP contribution >= 0.6 is 0 Å². The second-order valence-electron chi connectivity index (χ2n) is 8.11. The van der Waals surface area contributed by atoms with Gasteiger partial charge in [-0.15, -0.1) is 0 Å². The topological polar surface area (TPSA) is 67.9 Å². The second-order valence-corrected chi connectivity index (χ2v) is 8.11. The van der Waals surface area contributed by atoms with Crippen LogP contribution in [0.3, 0.4) is 0 Å². The summed E-state index contributed by atoms with van der Waals surface area (Å²) < 4.78 is 5.48. The number of fused-ring (bicyclic) bond motifs is 1. The van der Waals surface area contributed by atoms with E-state index in [1.54, 1.807) is 0 Å². The molecule has 3 rings (SSSR count). The van der Waals surface area contributed by atoms with E-state index in [0.29, 0.717) is 19.4 Å². The normalized spacial score (nSPS) is 18.8. The Morgan fingerprint density at radius 1 is 1.21 bits per heavy atom. The number of nitrogens with zero attached hydrogens (tertiary/aromatic N) is 2. The van der Waals surface area contributed by atoms with Gasteiger partial charge in [-0.05, 0) is 36.8 Å². The molecule has 0 fully saturated rings. The van der Waals surface area contributed by atoms with Crippen LogP contribution in [0.1, 0.15) is 64.4 Å². The summed E-state index contributed by atoms with van der Waals surface area (Å²) in [4.78, 5) is 12.3. The van der Waals surface area contributed by atoms with Crippen LogP contribution in [0.25, 0.3) is 11.0 Å². The molecule has 1 aliphatic rings. The number of carbonyl (C=O) groups is 1. The van der Waals surface area contributed by atoms with Crippen LogP contribution in [0.15, 0.2) is 42.5 Å². The third-order valence-electron chi connectivity index (χ3n) is 5.49. The molecule has 1 N–H and O–H groups in total. The lowest BCUT2D eigenvalue weighted by molar-refractivity contribution is -0.144. The van der Waals surface area contributed by atoms with Gasteiger partial charge in [-0.2, -0.15) is 15.4 Å². The molecular formula is C23H31N3O2. The predicted molar refractivity (Wildman–Crippen MR) is 112 cm³/mol. The minimum absolute atomic E-state index is 0.112. The number of allylic oxidation sites excluding steroid dienone is 4. The van der Waals surface area contributed by atoms with Gasteiger partial charge >= 0.3 is 5.97 Å². The van der Waals surface area contributed by atoms with Crippen molar-refractivity contribution in [3.63, 3.8) is 0 Å². The molecule has 0 radical (unpaired) electrons. The molecule has 1 unspecified atom stereocenters. The molecular weight excluding hydrogens is 350 g/mol. The van der Waals surface area contributed by atoms with Crippen LogP contribution in [0, 0.1) is 5.92 Å². The molecule has 0 saturated carbocycles. The van der Waals surface area contributed by atoms with Crippen molar-refractivity contribution in [1.82, 2.24) is 15.4 Å². The predicted octanol–water partition coefficient (Wildman–Crippen LogP) is 5.25. The Morgan fingerprint density at radius 3 is 2.89 bits per heavy atom. The van der Waals surface area contributed by atoms with E-state index in [1.165, 1.54) is 12.8 Å². The van der Waals surface area contributed by atoms with Crippen molar-refractivity contribution in [3.05, 3.63) is 48.1 Å². The van der Waals surface area contributed by atoms with Gasteiger partial charge in [-0.3, -0.25) is 4.79 Å². The zero-order chi connectivity index (χ0) is 19.8. The number of aromatic nitrogens is 3. The Morgan fingerprint density at radius 2 is 2.11 bits per heavy atom. The summed E-state index contributed by atoms with van der Waals surface area (Å²) in [6.07, 6.45) is 14.9. The fourth-order valence-corrected chi connectivity index (χ4v) is 3.87. The van der Waals surface area contributed by atoms with E-state index in [0.717, 1.165) is 41.8 Å². The number of H-pyrrole nitrogens is 1. The lowest BCUT2D eigenvalue weighted by atomic mass is 9.72. The van der Waals surface area contributed by atoms with Gasteiger partial charge in [-0.1, -0.05) is 69.5 Å². The smallest absolute Gasteiger partial charge is 0.305 e. The van der Waals surface area contributed by atoms with E-state index >= 15 is 0 Å². The van der Waals surface area contributed by atoms with Crippen molar-refractivity contribution in [2.45, 2.75) is 64.2 Å². The Bertz CT molecular complexity index is 837. The maximum absolute atomic E-state index is 12.3. The maximum atomic E-state index is 12.3. The first-order valence-electron chi connectivity index (χ1n) is 10.4. The number of rotatable bonds is 10. The number of carbonyl (C=O) groups excluding carboxylic acids is 1. The molecule has 1 atom stereocenters. The molecule has 0 bridgehead atoms. The Balaban J connectivity index is 1.57. The zero-order valence-corrected chi connectivity index (χ0v) is 17.0. The highest BCUT2D eigenvalue weighted by Crippen LogP contribution is 2.39. The molecule has 5 heteroatoms. The van der Waals surface area contributed by atoms with Gasteiger partial charge in [0.1, 0.15) is 11.0 Å². The molecule has 1 aliphatic carbocycles. The standard InChI is InChI=1S/C23H31N3O2/c1-18(2)10-5-3-8-17-28-21(27)13-16-23(14-6-4-7-15-23)19-11-9-12-20-22(19)25-26-24-20/h4,6-7,9,11-12,14,18H,3,5,8,10,13,15-17H2,1-2H3,(H,24,25,26). The highest BCUT2D eigenvalue weighted by atomic mass is 16.5. The van der Waals surface area contributed by atoms with E-state index in [-0.39, 0.29) is 11.4 Å². The van der Waals surface area contributed by atoms with Gasteiger partial charge in [0.05, 0.1) is 6.61 Å². The molecule has 0 amide bonds. The molecule has 0 spiro atoms. The highest BCUT2D eigenvalue weighted by molar-refractivity contribution is 5.79. The van der Waals surface area contributed by atoms with E-state index in [9.17, 15) is 4.79 Å². The molecule has 1 aromatic carbocycles. The third-order valence-corrected chi connectivity index (χ3v) is 5.49. The number of hydrogen-bond donors (Lipinski definition) is 1. The first-order valence-corrected chi connectivity index (χ1v) is 10.4. The molecule has 28 heavy (non-hydrogen) atoms. The number of hydrogen-bond acceptors (Lipinski definition) is 4. The first kappa shape index (κ1) is 20.3. The summed E-state index contributed by atoms with van der Waals surface area (Å²) in [6, 6.07) is 6.05. The molecule has 1 aromatic heterocycles. The number of benzene rings is 1. The first-order chi connectivity index (χ1) is 13.6. The van der Waals surface area contributed by atoms with Crippen molar-refractivity contribution in [3.8, 4) is 0 Å². The van der Waals surface area contributed by atoms with Gasteiger partial charge in [0, 0.05) is 11.8 Å². The number of unbranched alkanes of at least 4 members (excludes halogenated alkanes) is 2. The van der Waals surface area contributed by atoms with Crippen LogP contribution in [-0.4, -0.2) is 28.0 Å². The van der Waals surface area contributed by atoms with Crippen molar-refractivity contribution < 1.29 is 9.53 Å². The second kappa shape index (κ2) is 9.67. The Labute approximate surface area is 167 Å². The quantitative estimate of drug-likeness (QED) is 0.451. The summed E-state index contributed by atoms with van der Waals surface area (Å²) in [5, 5.41) is 11.3.